The molecule has 0 bridgehead atoms. The molecular weight excluding hydrogens is 437 g/mol. The molecule has 2 unspecified atom stereocenters. The highest BCUT2D eigenvalue weighted by Crippen LogP contribution is 2.21. The minimum absolute atomic E-state index is 0.114. The van der Waals surface area contributed by atoms with Crippen LogP contribution in [-0.4, -0.2) is 26.4 Å². The minimum atomic E-state index is -3.71. The predicted molar refractivity (Wildman–Crippen MR) is 114 cm³/mol. The molecule has 0 aliphatic heterocycles. The lowest BCUT2D eigenvalue weighted by Gasteiger charge is -2.18. The zero-order chi connectivity index (χ0) is 23.3. The van der Waals surface area contributed by atoms with Crippen molar-refractivity contribution >= 4 is 21.7 Å². The number of halogens is 1. The van der Waals surface area contributed by atoms with E-state index in [0.717, 1.165) is 0 Å². The lowest BCUT2D eigenvalue weighted by molar-refractivity contribution is -0.129. The maximum Gasteiger partial charge on any atom is 0.375 e. The number of carbonyl (C=O) groups excluding carboxylic acids is 2. The summed E-state index contributed by atoms with van der Waals surface area (Å²) in [4.78, 5) is 25.0. The summed E-state index contributed by atoms with van der Waals surface area (Å²) in [5, 5.41) is 2.68. The molecule has 2 aromatic carbocycles. The fraction of sp³-hybridized carbons (Fsp3) is 0.217. The molecule has 3 aromatic rings. The summed E-state index contributed by atoms with van der Waals surface area (Å²) in [6.45, 7) is 3.09. The second-order valence-corrected chi connectivity index (χ2v) is 9.17. The molecular formula is C23H22FNO6S. The van der Waals surface area contributed by atoms with Gasteiger partial charge in [-0.1, -0.05) is 30.3 Å². The summed E-state index contributed by atoms with van der Waals surface area (Å²) in [5.41, 5.74) is 0.809. The summed E-state index contributed by atoms with van der Waals surface area (Å²) in [6, 6.07) is 14.4. The Morgan fingerprint density at radius 3 is 2.34 bits per heavy atom. The van der Waals surface area contributed by atoms with E-state index in [9.17, 15) is 22.4 Å². The second-order valence-electron chi connectivity index (χ2n) is 7.18. The SMILES string of the molecule is CC(OC(=O)c1occc1CS(=O)(=O)c1ccccc1)C(=O)NC(C)c1ccc(F)cc1. The molecule has 0 aliphatic carbocycles. The average Bonchev–Trinajstić information content (AvgIpc) is 3.22. The van der Waals surface area contributed by atoms with Gasteiger partial charge in [-0.15, -0.1) is 0 Å². The van der Waals surface area contributed by atoms with E-state index in [-0.39, 0.29) is 16.2 Å². The standard InChI is InChI=1S/C23H22FNO6S/c1-15(17-8-10-19(24)11-9-17)25-22(26)16(2)31-23(27)21-18(12-13-30-21)14-32(28,29)20-6-4-3-5-7-20/h3-13,15-16H,14H2,1-2H3,(H,25,26). The first-order valence-electron chi connectivity index (χ1n) is 9.78. The summed E-state index contributed by atoms with van der Waals surface area (Å²) >= 11 is 0. The Balaban J connectivity index is 1.64. The Labute approximate surface area is 185 Å². The maximum absolute atomic E-state index is 13.1. The third kappa shape index (κ3) is 5.61. The summed E-state index contributed by atoms with van der Waals surface area (Å²) in [5.74, 6) is -2.65. The van der Waals surface area contributed by atoms with Crippen molar-refractivity contribution < 1.29 is 31.6 Å². The molecule has 7 nitrogen and oxygen atoms in total. The van der Waals surface area contributed by atoms with E-state index in [0.29, 0.717) is 5.56 Å². The Bertz CT molecular complexity index is 1190. The van der Waals surface area contributed by atoms with Crippen molar-refractivity contribution in [1.29, 1.82) is 0 Å². The number of hydrogen-bond acceptors (Lipinski definition) is 6. The van der Waals surface area contributed by atoms with Crippen LogP contribution in [-0.2, 0) is 25.1 Å². The van der Waals surface area contributed by atoms with Gasteiger partial charge >= 0.3 is 5.97 Å². The smallest absolute Gasteiger partial charge is 0.375 e. The highest BCUT2D eigenvalue weighted by Gasteiger charge is 2.27. The summed E-state index contributed by atoms with van der Waals surface area (Å²) in [7, 11) is -3.71. The second kappa shape index (κ2) is 9.78. The van der Waals surface area contributed by atoms with Crippen LogP contribution in [0.1, 0.15) is 41.6 Å². The van der Waals surface area contributed by atoms with E-state index in [1.807, 2.05) is 0 Å². The summed E-state index contributed by atoms with van der Waals surface area (Å²) < 4.78 is 48.6. The van der Waals surface area contributed by atoms with Crippen LogP contribution in [0.25, 0.3) is 0 Å². The van der Waals surface area contributed by atoms with Gasteiger partial charge in [-0.2, -0.15) is 0 Å². The van der Waals surface area contributed by atoms with Crippen molar-refractivity contribution in [1.82, 2.24) is 5.32 Å². The number of benzene rings is 2. The van der Waals surface area contributed by atoms with Crippen LogP contribution in [0, 0.1) is 5.82 Å². The normalized spacial score (nSPS) is 13.2. The number of amides is 1. The van der Waals surface area contributed by atoms with Crippen molar-refractivity contribution in [3.63, 3.8) is 0 Å². The monoisotopic (exact) mass is 459 g/mol. The van der Waals surface area contributed by atoms with Crippen LogP contribution in [0.5, 0.6) is 0 Å². The number of carbonyl (C=O) groups is 2. The van der Waals surface area contributed by atoms with Crippen LogP contribution in [0.3, 0.4) is 0 Å². The topological polar surface area (TPSA) is 103 Å². The zero-order valence-electron chi connectivity index (χ0n) is 17.4. The molecule has 0 spiro atoms. The van der Waals surface area contributed by atoms with Gasteiger partial charge in [0, 0.05) is 5.56 Å². The number of rotatable bonds is 8. The van der Waals surface area contributed by atoms with Crippen LogP contribution < -0.4 is 5.32 Å². The van der Waals surface area contributed by atoms with Crippen LogP contribution in [0.15, 0.2) is 76.2 Å². The van der Waals surface area contributed by atoms with Gasteiger partial charge in [-0.25, -0.2) is 17.6 Å². The Kier molecular flexibility index (Phi) is 7.09. The number of nitrogens with one attached hydrogen (secondary N) is 1. The van der Waals surface area contributed by atoms with E-state index in [1.165, 1.54) is 43.5 Å². The van der Waals surface area contributed by atoms with Gasteiger partial charge in [0.25, 0.3) is 5.91 Å². The van der Waals surface area contributed by atoms with Gasteiger partial charge in [0.2, 0.25) is 5.76 Å². The van der Waals surface area contributed by atoms with E-state index in [2.05, 4.69) is 5.32 Å². The molecule has 0 radical (unpaired) electrons. The molecule has 9 heteroatoms. The number of furan rings is 1. The fourth-order valence-corrected chi connectivity index (χ4v) is 4.35. The zero-order valence-corrected chi connectivity index (χ0v) is 18.3. The van der Waals surface area contributed by atoms with Crippen LogP contribution in [0.4, 0.5) is 4.39 Å². The Morgan fingerprint density at radius 1 is 1.03 bits per heavy atom. The molecule has 1 N–H and O–H groups in total. The molecule has 2 atom stereocenters. The molecule has 0 aliphatic rings. The quantitative estimate of drug-likeness (QED) is 0.514. The molecule has 168 valence electrons. The fourth-order valence-electron chi connectivity index (χ4n) is 2.98. The van der Waals surface area contributed by atoms with Crippen molar-refractivity contribution in [2.24, 2.45) is 0 Å². The highest BCUT2D eigenvalue weighted by molar-refractivity contribution is 7.90. The summed E-state index contributed by atoms with van der Waals surface area (Å²) in [6.07, 6.45) is 0.0161. The van der Waals surface area contributed by atoms with Gasteiger partial charge in [0.05, 0.1) is 23.0 Å². The van der Waals surface area contributed by atoms with Crippen LogP contribution >= 0.6 is 0 Å². The lowest BCUT2D eigenvalue weighted by Crippen LogP contribution is -2.37. The molecule has 1 heterocycles. The molecule has 0 saturated carbocycles. The van der Waals surface area contributed by atoms with E-state index < -0.39 is 45.4 Å². The number of esters is 1. The van der Waals surface area contributed by atoms with Crippen molar-refractivity contribution in [3.8, 4) is 0 Å². The number of ether oxygens (including phenoxy) is 1. The third-order valence-corrected chi connectivity index (χ3v) is 6.44. The maximum atomic E-state index is 13.1. The third-order valence-electron chi connectivity index (χ3n) is 4.76. The van der Waals surface area contributed by atoms with Gasteiger partial charge < -0.3 is 14.5 Å². The average molecular weight is 459 g/mol. The molecule has 0 fully saturated rings. The molecule has 32 heavy (non-hydrogen) atoms. The molecule has 3 rings (SSSR count). The predicted octanol–water partition coefficient (Wildman–Crippen LogP) is 3.82. The number of hydrogen-bond donors (Lipinski definition) is 1. The minimum Gasteiger partial charge on any atom is -0.457 e. The molecule has 1 amide bonds. The first-order chi connectivity index (χ1) is 15.2. The number of sulfone groups is 1. The van der Waals surface area contributed by atoms with E-state index in [4.69, 9.17) is 9.15 Å². The van der Waals surface area contributed by atoms with E-state index in [1.54, 1.807) is 37.3 Å². The van der Waals surface area contributed by atoms with Crippen molar-refractivity contribution in [2.75, 3.05) is 0 Å². The molecule has 0 saturated heterocycles. The first kappa shape index (κ1) is 23.2. The Hall–Kier alpha value is -3.46. The van der Waals surface area contributed by atoms with Crippen molar-refractivity contribution in [3.05, 3.63) is 89.6 Å². The Morgan fingerprint density at radius 2 is 1.69 bits per heavy atom. The van der Waals surface area contributed by atoms with E-state index >= 15 is 0 Å². The van der Waals surface area contributed by atoms with Gasteiger partial charge in [-0.05, 0) is 49.7 Å². The molecule has 1 aromatic heterocycles. The van der Waals surface area contributed by atoms with Gasteiger partial charge in [-0.3, -0.25) is 4.79 Å². The van der Waals surface area contributed by atoms with Crippen LogP contribution in [0.2, 0.25) is 0 Å². The largest absolute Gasteiger partial charge is 0.457 e. The van der Waals surface area contributed by atoms with Gasteiger partial charge in [0.1, 0.15) is 5.82 Å². The lowest BCUT2D eigenvalue weighted by atomic mass is 10.1. The highest BCUT2D eigenvalue weighted by atomic mass is 32.2. The first-order valence-corrected chi connectivity index (χ1v) is 11.4. The van der Waals surface area contributed by atoms with Gasteiger partial charge in [0.15, 0.2) is 15.9 Å². The van der Waals surface area contributed by atoms with Crippen molar-refractivity contribution in [2.45, 2.75) is 36.6 Å².